The molecule has 0 aliphatic heterocycles. The second kappa shape index (κ2) is 25.3. The van der Waals surface area contributed by atoms with Gasteiger partial charge in [-0.2, -0.15) is 0 Å². The number of hydrogen-bond donors (Lipinski definition) is 13. The molecule has 0 aliphatic rings. The topological polar surface area (TPSA) is 407 Å². The highest BCUT2D eigenvalue weighted by Crippen LogP contribution is 2.11. The van der Waals surface area contributed by atoms with E-state index in [0.717, 1.165) is 6.92 Å². The van der Waals surface area contributed by atoms with E-state index in [-0.39, 0.29) is 6.42 Å². The summed E-state index contributed by atoms with van der Waals surface area (Å²) in [6.07, 6.45) is -5.90. The van der Waals surface area contributed by atoms with Gasteiger partial charge in [0.15, 0.2) is 0 Å². The second-order valence-electron chi connectivity index (χ2n) is 13.2. The number of amides is 6. The largest absolute Gasteiger partial charge is 0.481 e. The molecule has 0 saturated carbocycles. The maximum atomic E-state index is 13.5. The first-order valence-electron chi connectivity index (χ1n) is 17.8. The van der Waals surface area contributed by atoms with Gasteiger partial charge in [-0.3, -0.25) is 47.9 Å². The Kier molecular flexibility index (Phi) is 22.7. The van der Waals surface area contributed by atoms with Gasteiger partial charge in [0.25, 0.3) is 0 Å². The summed E-state index contributed by atoms with van der Waals surface area (Å²) in [5.41, 5.74) is 5.60. The summed E-state index contributed by atoms with van der Waals surface area (Å²) in [6.45, 7) is 5.51. The van der Waals surface area contributed by atoms with Crippen molar-refractivity contribution in [3.63, 3.8) is 0 Å². The number of aliphatic hydroxyl groups is 1. The van der Waals surface area contributed by atoms with Crippen LogP contribution in [0.1, 0.15) is 85.5 Å². The molecule has 0 rings (SSSR count). The number of carbonyl (C=O) groups is 11. The van der Waals surface area contributed by atoms with Crippen molar-refractivity contribution in [2.24, 2.45) is 11.7 Å². The van der Waals surface area contributed by atoms with Gasteiger partial charge in [-0.25, -0.2) is 4.79 Å². The number of rotatable bonds is 28. The first-order valence-corrected chi connectivity index (χ1v) is 17.8. The monoisotopic (exact) mass is 819 g/mol. The Morgan fingerprint density at radius 3 is 1.16 bits per heavy atom. The minimum absolute atomic E-state index is 0.238. The number of hydrogen-bond acceptors (Lipinski definition) is 13. The minimum atomic E-state index is -1.71. The Morgan fingerprint density at radius 2 is 0.807 bits per heavy atom. The van der Waals surface area contributed by atoms with Gasteiger partial charge in [-0.15, -0.1) is 0 Å². The first-order chi connectivity index (χ1) is 26.4. The summed E-state index contributed by atoms with van der Waals surface area (Å²) in [7, 11) is 0. The van der Waals surface area contributed by atoms with E-state index in [1.807, 2.05) is 5.32 Å². The van der Waals surface area contributed by atoms with Crippen molar-refractivity contribution in [2.45, 2.75) is 134 Å². The molecule has 14 N–H and O–H groups in total. The van der Waals surface area contributed by atoms with Gasteiger partial charge in [-0.1, -0.05) is 20.3 Å². The van der Waals surface area contributed by atoms with Crippen molar-refractivity contribution < 1.29 is 83.4 Å². The van der Waals surface area contributed by atoms with Crippen LogP contribution in [0.4, 0.5) is 0 Å². The molecule has 0 fully saturated rings. The molecule has 0 bridgehead atoms. The van der Waals surface area contributed by atoms with Crippen molar-refractivity contribution in [3.8, 4) is 0 Å². The summed E-state index contributed by atoms with van der Waals surface area (Å²) in [5, 5.41) is 68.9. The van der Waals surface area contributed by atoms with E-state index >= 15 is 0 Å². The third-order valence-electron chi connectivity index (χ3n) is 8.47. The smallest absolute Gasteiger partial charge is 0.326 e. The molecule has 9 atom stereocenters. The fourth-order valence-corrected chi connectivity index (χ4v) is 4.79. The van der Waals surface area contributed by atoms with E-state index in [0.29, 0.717) is 0 Å². The standard InChI is InChI=1S/C33H53N7O17/c1-5-14(2)26(32(55)35-15(3)27(50)36-17(6-10-21(42)43)29(52)39-20(33(56)57)9-13-24(48)49)40-30(53)19(8-12-23(46)47)37-28(51)18(7-11-22(44)45)38-31(54)25(34)16(4)41/h14-20,25-26,41H,5-13,34H2,1-4H3,(H,35,55)(H,36,50)(H,37,51)(H,38,54)(H,39,52)(H,40,53)(H,42,43)(H,44,45)(H,46,47)(H,48,49)(H,56,57)/t14-,15-,16+,17-,18-,19-,20-,25-,26-/m0/s1. The Morgan fingerprint density at radius 1 is 0.474 bits per heavy atom. The second-order valence-corrected chi connectivity index (χ2v) is 13.2. The van der Waals surface area contributed by atoms with Crippen LogP contribution in [0.3, 0.4) is 0 Å². The Balaban J connectivity index is 6.19. The number of carboxylic acid groups (broad SMARTS) is 5. The zero-order valence-corrected chi connectivity index (χ0v) is 31.8. The van der Waals surface area contributed by atoms with E-state index in [2.05, 4.69) is 26.6 Å². The molecule has 57 heavy (non-hydrogen) atoms. The van der Waals surface area contributed by atoms with Gasteiger partial charge < -0.3 is 68.3 Å². The minimum Gasteiger partial charge on any atom is -0.481 e. The highest BCUT2D eigenvalue weighted by atomic mass is 16.4. The lowest BCUT2D eigenvalue weighted by Gasteiger charge is -2.29. The van der Waals surface area contributed by atoms with E-state index in [1.54, 1.807) is 6.92 Å². The van der Waals surface area contributed by atoms with Crippen LogP contribution in [0.5, 0.6) is 0 Å². The highest BCUT2D eigenvalue weighted by molar-refractivity contribution is 5.97. The average molecular weight is 820 g/mol. The molecule has 0 aliphatic carbocycles. The Labute approximate surface area is 326 Å². The molecular formula is C33H53N7O17. The molecule has 0 radical (unpaired) electrons. The number of aliphatic hydroxyl groups excluding tert-OH is 1. The van der Waals surface area contributed by atoms with Crippen LogP contribution in [0.2, 0.25) is 0 Å². The molecule has 0 heterocycles. The summed E-state index contributed by atoms with van der Waals surface area (Å²) >= 11 is 0. The van der Waals surface area contributed by atoms with Crippen LogP contribution in [0.25, 0.3) is 0 Å². The van der Waals surface area contributed by atoms with Crippen LogP contribution in [-0.4, -0.2) is 144 Å². The van der Waals surface area contributed by atoms with Crippen LogP contribution < -0.4 is 37.6 Å². The molecule has 0 saturated heterocycles. The number of nitrogens with two attached hydrogens (primary N) is 1. The molecule has 6 amide bonds. The molecule has 0 aromatic rings. The van der Waals surface area contributed by atoms with Gasteiger partial charge in [-0.05, 0) is 45.4 Å². The molecule has 0 unspecified atom stereocenters. The van der Waals surface area contributed by atoms with Gasteiger partial charge in [0.05, 0.1) is 6.10 Å². The molecule has 0 spiro atoms. The summed E-state index contributed by atoms with van der Waals surface area (Å²) in [5.74, 6) is -14.2. The number of carbonyl (C=O) groups excluding carboxylic acids is 6. The molecule has 0 aromatic carbocycles. The zero-order valence-electron chi connectivity index (χ0n) is 31.8. The van der Waals surface area contributed by atoms with Crippen molar-refractivity contribution >= 4 is 65.3 Å². The molecule has 24 nitrogen and oxygen atoms in total. The van der Waals surface area contributed by atoms with Crippen LogP contribution >= 0.6 is 0 Å². The Hall–Kier alpha value is -5.91. The zero-order chi connectivity index (χ0) is 44.2. The van der Waals surface area contributed by atoms with Crippen LogP contribution in [0.15, 0.2) is 0 Å². The summed E-state index contributed by atoms with van der Waals surface area (Å²) < 4.78 is 0. The summed E-state index contributed by atoms with van der Waals surface area (Å²) in [6, 6.07) is -11.1. The van der Waals surface area contributed by atoms with E-state index in [1.165, 1.54) is 13.8 Å². The maximum Gasteiger partial charge on any atom is 0.326 e. The average Bonchev–Trinajstić information content (AvgIpc) is 3.11. The van der Waals surface area contributed by atoms with Crippen molar-refractivity contribution in [1.29, 1.82) is 0 Å². The summed E-state index contributed by atoms with van der Waals surface area (Å²) in [4.78, 5) is 135. The number of carboxylic acids is 5. The quantitative estimate of drug-likeness (QED) is 0.0360. The predicted octanol–water partition coefficient (Wildman–Crippen LogP) is -3.79. The SMILES string of the molecule is CC[C@H](C)[C@H](NC(=O)[C@H](CCC(=O)O)NC(=O)[C@H](CCC(=O)O)NC(=O)[C@@H](N)[C@@H](C)O)C(=O)N[C@@H](C)C(=O)N[C@@H](CCC(=O)O)C(=O)N[C@@H](CCC(=O)O)C(=O)O. The number of nitrogens with one attached hydrogen (secondary N) is 6. The third-order valence-corrected chi connectivity index (χ3v) is 8.47. The van der Waals surface area contributed by atoms with Crippen molar-refractivity contribution in [2.75, 3.05) is 0 Å². The molecule has 322 valence electrons. The fraction of sp³-hybridized carbons (Fsp3) is 0.667. The van der Waals surface area contributed by atoms with Gasteiger partial charge in [0.1, 0.15) is 42.3 Å². The lowest BCUT2D eigenvalue weighted by Crippen LogP contribution is -2.60. The predicted molar refractivity (Wildman–Crippen MR) is 191 cm³/mol. The van der Waals surface area contributed by atoms with Crippen molar-refractivity contribution in [1.82, 2.24) is 31.9 Å². The van der Waals surface area contributed by atoms with Gasteiger partial charge in [0.2, 0.25) is 35.4 Å². The lowest BCUT2D eigenvalue weighted by atomic mass is 9.97. The fourth-order valence-electron chi connectivity index (χ4n) is 4.79. The molecular weight excluding hydrogens is 766 g/mol. The molecule has 24 heteroatoms. The van der Waals surface area contributed by atoms with E-state index < -0.39 is 171 Å². The third kappa shape index (κ3) is 20.0. The van der Waals surface area contributed by atoms with E-state index in [4.69, 9.17) is 21.1 Å². The number of aliphatic carboxylic acids is 5. The Bertz CT molecular complexity index is 1490. The maximum absolute atomic E-state index is 13.5. The van der Waals surface area contributed by atoms with Gasteiger partial charge >= 0.3 is 29.8 Å². The highest BCUT2D eigenvalue weighted by Gasteiger charge is 2.35. The lowest BCUT2D eigenvalue weighted by molar-refractivity contribution is -0.144. The van der Waals surface area contributed by atoms with Gasteiger partial charge in [0, 0.05) is 25.7 Å². The van der Waals surface area contributed by atoms with Crippen LogP contribution in [0, 0.1) is 5.92 Å². The van der Waals surface area contributed by atoms with Crippen LogP contribution in [-0.2, 0) is 52.7 Å². The normalized spacial score (nSPS) is 15.6. The first kappa shape index (κ1) is 51.1. The molecule has 0 aromatic heterocycles. The van der Waals surface area contributed by atoms with E-state index in [9.17, 15) is 68.1 Å². The van der Waals surface area contributed by atoms with Crippen molar-refractivity contribution in [3.05, 3.63) is 0 Å².